The van der Waals surface area contributed by atoms with Gasteiger partial charge in [-0.3, -0.25) is 9.59 Å². The van der Waals surface area contributed by atoms with Crippen LogP contribution in [0.15, 0.2) is 0 Å². The van der Waals surface area contributed by atoms with E-state index in [4.69, 9.17) is 28.4 Å². The average molecular weight is 463 g/mol. The van der Waals surface area contributed by atoms with E-state index in [1.807, 2.05) is 13.8 Å². The molecule has 0 aliphatic carbocycles. The number of carbonyl (C=O) groups is 2. The van der Waals surface area contributed by atoms with Gasteiger partial charge >= 0.3 is 11.9 Å². The third-order valence-corrected chi connectivity index (χ3v) is 4.66. The molecule has 2 atom stereocenters. The second-order valence-corrected chi connectivity index (χ2v) is 7.99. The Kier molecular flexibility index (Phi) is 22.1. The molecule has 2 unspecified atom stereocenters. The van der Waals surface area contributed by atoms with Gasteiger partial charge in [-0.25, -0.2) is 0 Å². The summed E-state index contributed by atoms with van der Waals surface area (Å²) in [4.78, 5) is 24.0. The molecular formula is C24H46O8. The van der Waals surface area contributed by atoms with Crippen LogP contribution < -0.4 is 0 Å². The van der Waals surface area contributed by atoms with E-state index >= 15 is 0 Å². The minimum absolute atomic E-state index is 0.0226. The summed E-state index contributed by atoms with van der Waals surface area (Å²) in [6, 6.07) is 0. The van der Waals surface area contributed by atoms with Crippen LogP contribution in [-0.4, -0.2) is 78.0 Å². The second-order valence-electron chi connectivity index (χ2n) is 7.99. The molecule has 0 bridgehead atoms. The summed E-state index contributed by atoms with van der Waals surface area (Å²) in [7, 11) is 0. The minimum atomic E-state index is -0.286. The highest BCUT2D eigenvalue weighted by molar-refractivity contribution is 5.72. The fourth-order valence-electron chi connectivity index (χ4n) is 2.82. The smallest absolute Gasteiger partial charge is 0.308 e. The van der Waals surface area contributed by atoms with Crippen LogP contribution in [0.3, 0.4) is 0 Å². The quantitative estimate of drug-likeness (QED) is 0.167. The number of hydrogen-bond donors (Lipinski definition) is 0. The van der Waals surface area contributed by atoms with Gasteiger partial charge < -0.3 is 28.4 Å². The maximum absolute atomic E-state index is 12.1. The van der Waals surface area contributed by atoms with E-state index in [1.54, 1.807) is 0 Å². The molecule has 32 heavy (non-hydrogen) atoms. The molecule has 0 heterocycles. The van der Waals surface area contributed by atoms with Gasteiger partial charge in [0.25, 0.3) is 0 Å². The molecule has 8 heteroatoms. The van der Waals surface area contributed by atoms with E-state index in [-0.39, 0.29) is 43.4 Å². The van der Waals surface area contributed by atoms with Gasteiger partial charge in [0.05, 0.1) is 45.6 Å². The van der Waals surface area contributed by atoms with Crippen LogP contribution in [0, 0.1) is 11.8 Å². The normalized spacial score (nSPS) is 13.0. The summed E-state index contributed by atoms with van der Waals surface area (Å²) in [5.41, 5.74) is 0. The van der Waals surface area contributed by atoms with Gasteiger partial charge in [0.2, 0.25) is 0 Å². The number of hydrogen-bond acceptors (Lipinski definition) is 8. The molecule has 0 aromatic carbocycles. The van der Waals surface area contributed by atoms with Crippen LogP contribution in [0.4, 0.5) is 0 Å². The van der Waals surface area contributed by atoms with Crippen molar-refractivity contribution in [3.8, 4) is 0 Å². The Morgan fingerprint density at radius 2 is 1.06 bits per heavy atom. The summed E-state index contributed by atoms with van der Waals surface area (Å²) in [5.74, 6) is -0.821. The van der Waals surface area contributed by atoms with E-state index < -0.39 is 0 Å². The van der Waals surface area contributed by atoms with Gasteiger partial charge in [-0.2, -0.15) is 0 Å². The molecule has 0 rings (SSSR count). The van der Waals surface area contributed by atoms with Gasteiger partial charge in [0.15, 0.2) is 0 Å². The Morgan fingerprint density at radius 1 is 0.625 bits per heavy atom. The highest BCUT2D eigenvalue weighted by Crippen LogP contribution is 2.17. The first-order valence-electron chi connectivity index (χ1n) is 12.1. The molecule has 0 saturated heterocycles. The molecule has 0 aromatic rings. The molecule has 8 nitrogen and oxygen atoms in total. The monoisotopic (exact) mass is 462 g/mol. The topological polar surface area (TPSA) is 89.5 Å². The Morgan fingerprint density at radius 3 is 1.56 bits per heavy atom. The van der Waals surface area contributed by atoms with E-state index in [9.17, 15) is 9.59 Å². The molecule has 0 aromatic heterocycles. The van der Waals surface area contributed by atoms with Crippen molar-refractivity contribution in [3.05, 3.63) is 0 Å². The number of unbranched alkanes of at least 4 members (excludes halogenated alkanes) is 2. The largest absolute Gasteiger partial charge is 0.463 e. The zero-order valence-electron chi connectivity index (χ0n) is 20.7. The lowest BCUT2D eigenvalue weighted by molar-refractivity contribution is -0.151. The third kappa shape index (κ3) is 20.7. The highest BCUT2D eigenvalue weighted by Gasteiger charge is 2.20. The summed E-state index contributed by atoms with van der Waals surface area (Å²) < 4.78 is 32.0. The first kappa shape index (κ1) is 30.8. The van der Waals surface area contributed by atoms with Crippen LogP contribution in [0.2, 0.25) is 0 Å². The minimum Gasteiger partial charge on any atom is -0.463 e. The van der Waals surface area contributed by atoms with Crippen molar-refractivity contribution in [2.75, 3.05) is 66.1 Å². The summed E-state index contributed by atoms with van der Waals surface area (Å²) >= 11 is 0. The van der Waals surface area contributed by atoms with Crippen LogP contribution in [0.5, 0.6) is 0 Å². The predicted molar refractivity (Wildman–Crippen MR) is 123 cm³/mol. The van der Waals surface area contributed by atoms with Crippen molar-refractivity contribution >= 4 is 11.9 Å². The van der Waals surface area contributed by atoms with Crippen molar-refractivity contribution in [1.29, 1.82) is 0 Å². The molecule has 0 fully saturated rings. The van der Waals surface area contributed by atoms with Crippen molar-refractivity contribution in [3.63, 3.8) is 0 Å². The zero-order chi connectivity index (χ0) is 23.9. The number of carbonyl (C=O) groups excluding carboxylic acids is 2. The van der Waals surface area contributed by atoms with Gasteiger partial charge in [-0.15, -0.1) is 0 Å². The van der Waals surface area contributed by atoms with E-state index in [1.165, 1.54) is 0 Å². The molecule has 0 saturated carbocycles. The van der Waals surface area contributed by atoms with E-state index in [0.717, 1.165) is 38.9 Å². The summed E-state index contributed by atoms with van der Waals surface area (Å²) in [6.07, 6.45) is 5.15. The molecule has 0 N–H and O–H groups in total. The lowest BCUT2D eigenvalue weighted by atomic mass is 9.95. The van der Waals surface area contributed by atoms with E-state index in [0.29, 0.717) is 46.1 Å². The predicted octanol–water partition coefficient (Wildman–Crippen LogP) is 3.79. The first-order valence-corrected chi connectivity index (χ1v) is 12.1. The van der Waals surface area contributed by atoms with Crippen LogP contribution in [0.1, 0.15) is 66.2 Å². The molecule has 0 spiro atoms. The Balaban J connectivity index is 3.64. The Hall–Kier alpha value is -1.22. The summed E-state index contributed by atoms with van der Waals surface area (Å²) in [6.45, 7) is 12.7. The number of rotatable bonds is 23. The van der Waals surface area contributed by atoms with Crippen molar-refractivity contribution < 1.29 is 38.0 Å². The standard InChI is InChI=1S/C24H46O8/c1-5-7-9-27-11-13-29-15-17-31-23(25)20-21(3)19-22(4)24(26)32-18-16-30-14-12-28-10-8-6-2/h21-22H,5-20H2,1-4H3. The maximum atomic E-state index is 12.1. The van der Waals surface area contributed by atoms with Crippen LogP contribution in [-0.2, 0) is 38.0 Å². The van der Waals surface area contributed by atoms with Crippen molar-refractivity contribution in [2.45, 2.75) is 66.2 Å². The molecule has 190 valence electrons. The number of ether oxygens (including phenoxy) is 6. The van der Waals surface area contributed by atoms with Crippen LogP contribution >= 0.6 is 0 Å². The zero-order valence-corrected chi connectivity index (χ0v) is 20.7. The summed E-state index contributed by atoms with van der Waals surface area (Å²) in [5, 5.41) is 0. The fourth-order valence-corrected chi connectivity index (χ4v) is 2.82. The average Bonchev–Trinajstić information content (AvgIpc) is 2.76. The molecule has 0 aliphatic heterocycles. The molecule has 0 radical (unpaired) electrons. The Bertz CT molecular complexity index is 444. The maximum Gasteiger partial charge on any atom is 0.308 e. The van der Waals surface area contributed by atoms with E-state index in [2.05, 4.69) is 13.8 Å². The third-order valence-electron chi connectivity index (χ3n) is 4.66. The lowest BCUT2D eigenvalue weighted by Crippen LogP contribution is -2.21. The lowest BCUT2D eigenvalue weighted by Gasteiger charge is -2.16. The highest BCUT2D eigenvalue weighted by atomic mass is 16.6. The fraction of sp³-hybridized carbons (Fsp3) is 0.917. The van der Waals surface area contributed by atoms with Gasteiger partial charge in [0.1, 0.15) is 13.2 Å². The molecule has 0 amide bonds. The Labute approximate surface area is 194 Å². The second kappa shape index (κ2) is 23.0. The molecule has 0 aliphatic rings. The SMILES string of the molecule is CCCCOCCOCCOC(=O)CC(C)CC(C)C(=O)OCCOCCOCCCC. The van der Waals surface area contributed by atoms with Crippen molar-refractivity contribution in [1.82, 2.24) is 0 Å². The van der Waals surface area contributed by atoms with Gasteiger partial charge in [-0.05, 0) is 25.2 Å². The van der Waals surface area contributed by atoms with Crippen LogP contribution in [0.25, 0.3) is 0 Å². The molecular weight excluding hydrogens is 416 g/mol. The van der Waals surface area contributed by atoms with Crippen molar-refractivity contribution in [2.24, 2.45) is 11.8 Å². The first-order chi connectivity index (χ1) is 15.5. The van der Waals surface area contributed by atoms with Gasteiger partial charge in [0, 0.05) is 19.6 Å². The number of esters is 2. The van der Waals surface area contributed by atoms with Gasteiger partial charge in [-0.1, -0.05) is 40.5 Å².